The fraction of sp³-hybridized carbons (Fsp3) is 0.800. The molecule has 1 unspecified atom stereocenters. The van der Waals surface area contributed by atoms with Crippen molar-refractivity contribution in [1.29, 1.82) is 0 Å². The van der Waals surface area contributed by atoms with Crippen molar-refractivity contribution < 1.29 is 9.53 Å². The molecule has 1 aromatic heterocycles. The minimum absolute atomic E-state index is 0.103. The normalized spacial score (nSPS) is 33.5. The lowest BCUT2D eigenvalue weighted by molar-refractivity contribution is -0.137. The van der Waals surface area contributed by atoms with Gasteiger partial charge in [0.2, 0.25) is 5.91 Å². The van der Waals surface area contributed by atoms with Gasteiger partial charge in [0.15, 0.2) is 0 Å². The van der Waals surface area contributed by atoms with Gasteiger partial charge in [0.1, 0.15) is 5.01 Å². The van der Waals surface area contributed by atoms with Crippen LogP contribution in [0.4, 0.5) is 0 Å². The maximum Gasteiger partial charge on any atom is 0.225 e. The summed E-state index contributed by atoms with van der Waals surface area (Å²) in [6.45, 7) is 8.42. The van der Waals surface area contributed by atoms with Gasteiger partial charge in [-0.3, -0.25) is 9.69 Å². The van der Waals surface area contributed by atoms with E-state index in [1.54, 1.807) is 11.3 Å². The van der Waals surface area contributed by atoms with Crippen LogP contribution in [0.5, 0.6) is 0 Å². The summed E-state index contributed by atoms with van der Waals surface area (Å²) in [6, 6.07) is 0. The summed E-state index contributed by atoms with van der Waals surface area (Å²) >= 11 is 1.72. The quantitative estimate of drug-likeness (QED) is 0.812. The Kier molecular flexibility index (Phi) is 5.62. The second-order valence-electron chi connectivity index (χ2n) is 8.66. The Morgan fingerprint density at radius 2 is 2.15 bits per heavy atom. The molecule has 0 N–H and O–H groups in total. The molecule has 1 spiro atoms. The van der Waals surface area contributed by atoms with E-state index in [0.29, 0.717) is 12.5 Å². The van der Waals surface area contributed by atoms with Crippen LogP contribution in [0.15, 0.2) is 11.6 Å². The van der Waals surface area contributed by atoms with Crippen LogP contribution < -0.4 is 0 Å². The SMILES string of the molecule is CC1CCC(C(=O)N2CCOCC3(CCN(Cc4nccs4)C3)C2)CC1. The van der Waals surface area contributed by atoms with Crippen molar-refractivity contribution in [2.45, 2.75) is 45.6 Å². The van der Waals surface area contributed by atoms with E-state index in [2.05, 4.69) is 21.7 Å². The first kappa shape index (κ1) is 18.4. The average Bonchev–Trinajstić information content (AvgIpc) is 3.23. The smallest absolute Gasteiger partial charge is 0.225 e. The molecule has 2 saturated heterocycles. The van der Waals surface area contributed by atoms with Crippen LogP contribution in [0, 0.1) is 17.3 Å². The first-order chi connectivity index (χ1) is 12.6. The third kappa shape index (κ3) is 4.12. The average molecular weight is 378 g/mol. The van der Waals surface area contributed by atoms with Crippen molar-refractivity contribution in [3.63, 3.8) is 0 Å². The Balaban J connectivity index is 1.39. The van der Waals surface area contributed by atoms with E-state index < -0.39 is 0 Å². The lowest BCUT2D eigenvalue weighted by Crippen LogP contribution is -2.45. The van der Waals surface area contributed by atoms with Crippen molar-refractivity contribution in [2.75, 3.05) is 39.4 Å². The maximum absolute atomic E-state index is 13.1. The highest BCUT2D eigenvalue weighted by Crippen LogP contribution is 2.36. The molecule has 5 nitrogen and oxygen atoms in total. The van der Waals surface area contributed by atoms with Crippen LogP contribution in [0.25, 0.3) is 0 Å². The molecule has 144 valence electrons. The van der Waals surface area contributed by atoms with E-state index in [9.17, 15) is 4.79 Å². The fourth-order valence-corrected chi connectivity index (χ4v) is 5.54. The van der Waals surface area contributed by atoms with E-state index >= 15 is 0 Å². The van der Waals surface area contributed by atoms with E-state index in [0.717, 1.165) is 64.5 Å². The number of hydrogen-bond acceptors (Lipinski definition) is 5. The number of thiazole rings is 1. The van der Waals surface area contributed by atoms with Gasteiger partial charge in [-0.15, -0.1) is 11.3 Å². The zero-order chi connectivity index (χ0) is 18.0. The molecule has 0 aromatic carbocycles. The van der Waals surface area contributed by atoms with Crippen molar-refractivity contribution in [2.24, 2.45) is 17.3 Å². The molecule has 1 aliphatic carbocycles. The Morgan fingerprint density at radius 3 is 2.92 bits per heavy atom. The Hall–Kier alpha value is -0.980. The monoisotopic (exact) mass is 377 g/mol. The molecule has 3 aliphatic rings. The van der Waals surface area contributed by atoms with E-state index in [-0.39, 0.29) is 11.3 Å². The van der Waals surface area contributed by atoms with Gasteiger partial charge in [-0.1, -0.05) is 6.92 Å². The molecular weight excluding hydrogens is 346 g/mol. The van der Waals surface area contributed by atoms with E-state index in [4.69, 9.17) is 4.74 Å². The zero-order valence-corrected chi connectivity index (χ0v) is 16.7. The summed E-state index contributed by atoms with van der Waals surface area (Å²) in [5.41, 5.74) is 0.103. The topological polar surface area (TPSA) is 45.7 Å². The highest BCUT2D eigenvalue weighted by atomic mass is 32.1. The number of aromatic nitrogens is 1. The number of ether oxygens (including phenoxy) is 1. The summed E-state index contributed by atoms with van der Waals surface area (Å²) in [6.07, 6.45) is 7.54. The van der Waals surface area contributed by atoms with Crippen LogP contribution in [0.2, 0.25) is 0 Å². The van der Waals surface area contributed by atoms with Gasteiger partial charge < -0.3 is 9.64 Å². The first-order valence-corrected chi connectivity index (χ1v) is 11.0. The highest BCUT2D eigenvalue weighted by Gasteiger charge is 2.43. The van der Waals surface area contributed by atoms with Gasteiger partial charge in [-0.05, 0) is 44.6 Å². The Morgan fingerprint density at radius 1 is 1.31 bits per heavy atom. The summed E-state index contributed by atoms with van der Waals surface area (Å²) in [5, 5.41) is 3.22. The summed E-state index contributed by atoms with van der Waals surface area (Å²) < 4.78 is 5.97. The van der Waals surface area contributed by atoms with Gasteiger partial charge in [0.05, 0.1) is 19.8 Å². The molecule has 1 atom stereocenters. The van der Waals surface area contributed by atoms with E-state index in [1.165, 1.54) is 17.8 Å². The predicted octanol–water partition coefficient (Wildman–Crippen LogP) is 3.02. The molecule has 2 aliphatic heterocycles. The molecule has 1 amide bonds. The molecule has 3 heterocycles. The summed E-state index contributed by atoms with van der Waals surface area (Å²) in [7, 11) is 0. The number of nitrogens with zero attached hydrogens (tertiary/aromatic N) is 3. The summed E-state index contributed by atoms with van der Waals surface area (Å²) in [4.78, 5) is 22.2. The van der Waals surface area contributed by atoms with Gasteiger partial charge in [0, 0.05) is 42.5 Å². The first-order valence-electron chi connectivity index (χ1n) is 10.1. The van der Waals surface area contributed by atoms with Crippen molar-refractivity contribution in [3.8, 4) is 0 Å². The number of carbonyl (C=O) groups is 1. The lowest BCUT2D eigenvalue weighted by atomic mass is 9.81. The number of likely N-dealkylation sites (tertiary alicyclic amines) is 1. The largest absolute Gasteiger partial charge is 0.379 e. The highest BCUT2D eigenvalue weighted by molar-refractivity contribution is 7.09. The number of hydrogen-bond donors (Lipinski definition) is 0. The third-order valence-corrected chi connectivity index (χ3v) is 7.24. The van der Waals surface area contributed by atoms with Crippen LogP contribution in [0.1, 0.15) is 44.0 Å². The Labute approximate surface area is 160 Å². The van der Waals surface area contributed by atoms with Gasteiger partial charge in [-0.25, -0.2) is 4.98 Å². The molecule has 1 aromatic rings. The lowest BCUT2D eigenvalue weighted by Gasteiger charge is -2.35. The Bertz CT molecular complexity index is 600. The molecule has 6 heteroatoms. The molecule has 4 rings (SSSR count). The molecule has 1 saturated carbocycles. The number of carbonyl (C=O) groups excluding carboxylic acids is 1. The predicted molar refractivity (Wildman–Crippen MR) is 103 cm³/mol. The summed E-state index contributed by atoms with van der Waals surface area (Å²) in [5.74, 6) is 1.42. The maximum atomic E-state index is 13.1. The molecule has 0 radical (unpaired) electrons. The van der Waals surface area contributed by atoms with Gasteiger partial charge in [0.25, 0.3) is 0 Å². The fourth-order valence-electron chi connectivity index (χ4n) is 4.88. The zero-order valence-electron chi connectivity index (χ0n) is 15.9. The van der Waals surface area contributed by atoms with Gasteiger partial charge >= 0.3 is 0 Å². The van der Waals surface area contributed by atoms with Crippen LogP contribution in [-0.4, -0.2) is 60.1 Å². The van der Waals surface area contributed by atoms with Gasteiger partial charge in [-0.2, -0.15) is 0 Å². The van der Waals surface area contributed by atoms with Crippen molar-refractivity contribution in [3.05, 3.63) is 16.6 Å². The minimum Gasteiger partial charge on any atom is -0.379 e. The number of amides is 1. The number of rotatable bonds is 3. The molecular formula is C20H31N3O2S. The molecule has 0 bridgehead atoms. The van der Waals surface area contributed by atoms with Crippen LogP contribution >= 0.6 is 11.3 Å². The third-order valence-electron chi connectivity index (χ3n) is 6.48. The standard InChI is InChI=1S/C20H31N3O2S/c1-16-2-4-17(5-3-16)19(24)23-9-10-25-15-20(14-23)6-8-22(13-20)12-18-21-7-11-26-18/h7,11,16-17H,2-6,8-10,12-15H2,1H3. The second-order valence-corrected chi connectivity index (χ2v) is 9.63. The second kappa shape index (κ2) is 7.95. The molecule has 26 heavy (non-hydrogen) atoms. The van der Waals surface area contributed by atoms with Crippen molar-refractivity contribution >= 4 is 17.2 Å². The van der Waals surface area contributed by atoms with Crippen molar-refractivity contribution in [1.82, 2.24) is 14.8 Å². The van der Waals surface area contributed by atoms with Crippen LogP contribution in [-0.2, 0) is 16.1 Å². The van der Waals surface area contributed by atoms with Crippen LogP contribution in [0.3, 0.4) is 0 Å². The van der Waals surface area contributed by atoms with E-state index in [1.807, 2.05) is 11.6 Å². The molecule has 3 fully saturated rings. The minimum atomic E-state index is 0.103.